The highest BCUT2D eigenvalue weighted by Gasteiger charge is 2.13. The molecule has 1 unspecified atom stereocenters. The fourth-order valence-electron chi connectivity index (χ4n) is 1.74. The van der Waals surface area contributed by atoms with Crippen molar-refractivity contribution in [1.82, 2.24) is 10.2 Å². The summed E-state index contributed by atoms with van der Waals surface area (Å²) >= 11 is 5.96. The van der Waals surface area contributed by atoms with Gasteiger partial charge in [-0.1, -0.05) is 12.2 Å². The van der Waals surface area contributed by atoms with E-state index in [-0.39, 0.29) is 5.38 Å². The van der Waals surface area contributed by atoms with Gasteiger partial charge in [-0.05, 0) is 12.5 Å². The minimum absolute atomic E-state index is 0.201. The molecule has 0 aromatic rings. The summed E-state index contributed by atoms with van der Waals surface area (Å²) in [4.78, 5) is 2.41. The van der Waals surface area contributed by atoms with Crippen LogP contribution in [0.3, 0.4) is 0 Å². The number of hydrogen-bond donors (Lipinski definition) is 1. The van der Waals surface area contributed by atoms with E-state index in [0.717, 1.165) is 32.6 Å². The second kappa shape index (κ2) is 4.16. The number of piperazine rings is 1. The molecule has 0 bridgehead atoms. The van der Waals surface area contributed by atoms with Crippen molar-refractivity contribution in [1.29, 1.82) is 0 Å². The van der Waals surface area contributed by atoms with Crippen LogP contribution in [0, 0.1) is 0 Å². The van der Waals surface area contributed by atoms with Crippen LogP contribution in [0.5, 0.6) is 0 Å². The van der Waals surface area contributed by atoms with E-state index in [1.54, 1.807) is 0 Å². The van der Waals surface area contributed by atoms with Crippen LogP contribution in [0.15, 0.2) is 23.9 Å². The normalized spacial score (nSPS) is 28.8. The third-order valence-corrected chi connectivity index (χ3v) is 2.83. The molecule has 1 aliphatic carbocycles. The molecule has 2 aliphatic rings. The molecule has 2 rings (SSSR count). The monoisotopic (exact) mass is 198 g/mol. The van der Waals surface area contributed by atoms with E-state index in [9.17, 15) is 0 Å². The van der Waals surface area contributed by atoms with Gasteiger partial charge in [0.05, 0.1) is 5.38 Å². The molecule has 1 fully saturated rings. The molecule has 1 aliphatic heterocycles. The highest BCUT2D eigenvalue weighted by atomic mass is 35.5. The first-order chi connectivity index (χ1) is 6.36. The lowest BCUT2D eigenvalue weighted by Gasteiger charge is -2.31. The molecule has 0 aromatic carbocycles. The molecule has 0 radical (unpaired) electrons. The molecule has 1 saturated heterocycles. The lowest BCUT2D eigenvalue weighted by Crippen LogP contribution is -2.42. The van der Waals surface area contributed by atoms with E-state index in [0.29, 0.717) is 0 Å². The Kier molecular flexibility index (Phi) is 2.91. The van der Waals surface area contributed by atoms with E-state index in [1.165, 1.54) is 5.70 Å². The van der Waals surface area contributed by atoms with Gasteiger partial charge in [-0.15, -0.1) is 11.6 Å². The van der Waals surface area contributed by atoms with Crippen molar-refractivity contribution >= 4 is 11.6 Å². The van der Waals surface area contributed by atoms with E-state index in [4.69, 9.17) is 11.6 Å². The van der Waals surface area contributed by atoms with Crippen LogP contribution in [0.25, 0.3) is 0 Å². The van der Waals surface area contributed by atoms with Gasteiger partial charge in [0, 0.05) is 31.9 Å². The summed E-state index contributed by atoms with van der Waals surface area (Å²) in [5.74, 6) is 0. The maximum atomic E-state index is 5.96. The smallest absolute Gasteiger partial charge is 0.0555 e. The second-order valence-electron chi connectivity index (χ2n) is 3.48. The van der Waals surface area contributed by atoms with Gasteiger partial charge in [-0.2, -0.15) is 0 Å². The molecule has 0 amide bonds. The summed E-state index contributed by atoms with van der Waals surface area (Å²) < 4.78 is 0. The number of allylic oxidation sites excluding steroid dienone is 3. The van der Waals surface area contributed by atoms with E-state index < -0.39 is 0 Å². The zero-order chi connectivity index (χ0) is 9.10. The molecule has 72 valence electrons. The van der Waals surface area contributed by atoms with Crippen molar-refractivity contribution in [3.63, 3.8) is 0 Å². The Morgan fingerprint density at radius 3 is 2.77 bits per heavy atom. The Bertz CT molecular complexity index is 229. The largest absolute Gasteiger partial charge is 0.369 e. The quantitative estimate of drug-likeness (QED) is 0.640. The number of nitrogens with one attached hydrogen (secondary N) is 1. The molecule has 13 heavy (non-hydrogen) atoms. The summed E-state index contributed by atoms with van der Waals surface area (Å²) in [6.45, 7) is 4.41. The third kappa shape index (κ3) is 2.26. The zero-order valence-electron chi connectivity index (χ0n) is 7.67. The molecular formula is C10H15ClN2. The molecule has 0 aromatic heterocycles. The summed E-state index contributed by atoms with van der Waals surface area (Å²) in [7, 11) is 0. The Hall–Kier alpha value is -0.470. The molecule has 3 heteroatoms. The maximum Gasteiger partial charge on any atom is 0.0555 e. The Morgan fingerprint density at radius 2 is 2.15 bits per heavy atom. The standard InChI is InChI=1S/C10H15ClN2/c11-9-1-3-10(4-2-9)13-7-5-12-6-8-13/h1,3-4,9,12H,2,5-8H2. The number of hydrogen-bond acceptors (Lipinski definition) is 2. The SMILES string of the molecule is ClC1C=CC(N2CCNCC2)=CC1. The summed E-state index contributed by atoms with van der Waals surface area (Å²) in [5, 5.41) is 3.54. The van der Waals surface area contributed by atoms with Crippen molar-refractivity contribution in [3.05, 3.63) is 23.9 Å². The summed E-state index contributed by atoms with van der Waals surface area (Å²) in [5.41, 5.74) is 1.35. The van der Waals surface area contributed by atoms with Crippen molar-refractivity contribution in [2.45, 2.75) is 11.8 Å². The van der Waals surface area contributed by atoms with Crippen LogP contribution < -0.4 is 5.32 Å². The van der Waals surface area contributed by atoms with Gasteiger partial charge in [0.2, 0.25) is 0 Å². The Morgan fingerprint density at radius 1 is 1.38 bits per heavy atom. The van der Waals surface area contributed by atoms with Crippen LogP contribution in [0.4, 0.5) is 0 Å². The predicted octanol–water partition coefficient (Wildman–Crippen LogP) is 1.34. The van der Waals surface area contributed by atoms with Crippen molar-refractivity contribution in [2.24, 2.45) is 0 Å². The number of nitrogens with zero attached hydrogens (tertiary/aromatic N) is 1. The van der Waals surface area contributed by atoms with E-state index >= 15 is 0 Å². The van der Waals surface area contributed by atoms with Gasteiger partial charge >= 0.3 is 0 Å². The van der Waals surface area contributed by atoms with Crippen LogP contribution in [0.1, 0.15) is 6.42 Å². The highest BCUT2D eigenvalue weighted by molar-refractivity contribution is 6.22. The molecule has 0 saturated carbocycles. The predicted molar refractivity (Wildman–Crippen MR) is 55.9 cm³/mol. The average molecular weight is 199 g/mol. The Balaban J connectivity index is 1.96. The number of halogens is 1. The fourth-order valence-corrected chi connectivity index (χ4v) is 1.90. The lowest BCUT2D eigenvalue weighted by atomic mass is 10.1. The van der Waals surface area contributed by atoms with E-state index in [2.05, 4.69) is 28.4 Å². The maximum absolute atomic E-state index is 5.96. The minimum Gasteiger partial charge on any atom is -0.369 e. The molecule has 0 spiro atoms. The third-order valence-electron chi connectivity index (χ3n) is 2.51. The highest BCUT2D eigenvalue weighted by Crippen LogP contribution is 2.18. The average Bonchev–Trinajstić information content (AvgIpc) is 2.20. The Labute approximate surface area is 84.2 Å². The first-order valence-electron chi connectivity index (χ1n) is 4.84. The van der Waals surface area contributed by atoms with Crippen molar-refractivity contribution in [2.75, 3.05) is 26.2 Å². The zero-order valence-corrected chi connectivity index (χ0v) is 8.43. The summed E-state index contributed by atoms with van der Waals surface area (Å²) in [6.07, 6.45) is 7.44. The van der Waals surface area contributed by atoms with Crippen LogP contribution in [0.2, 0.25) is 0 Å². The van der Waals surface area contributed by atoms with Gasteiger partial charge in [-0.3, -0.25) is 0 Å². The summed E-state index contributed by atoms with van der Waals surface area (Å²) in [6, 6.07) is 0. The number of rotatable bonds is 1. The van der Waals surface area contributed by atoms with Gasteiger partial charge in [-0.25, -0.2) is 0 Å². The van der Waals surface area contributed by atoms with Crippen LogP contribution in [-0.4, -0.2) is 36.5 Å². The second-order valence-corrected chi connectivity index (χ2v) is 4.04. The van der Waals surface area contributed by atoms with Crippen molar-refractivity contribution < 1.29 is 0 Å². The molecule has 2 nitrogen and oxygen atoms in total. The molecule has 1 N–H and O–H groups in total. The minimum atomic E-state index is 0.201. The van der Waals surface area contributed by atoms with Gasteiger partial charge < -0.3 is 10.2 Å². The fraction of sp³-hybridized carbons (Fsp3) is 0.600. The molecule has 1 atom stereocenters. The van der Waals surface area contributed by atoms with Crippen LogP contribution >= 0.6 is 11.6 Å². The van der Waals surface area contributed by atoms with Crippen LogP contribution in [-0.2, 0) is 0 Å². The first-order valence-corrected chi connectivity index (χ1v) is 5.28. The number of alkyl halides is 1. The lowest BCUT2D eigenvalue weighted by molar-refractivity contribution is 0.305. The molecule has 1 heterocycles. The first kappa shape index (κ1) is 9.10. The van der Waals surface area contributed by atoms with E-state index in [1.807, 2.05) is 0 Å². The van der Waals surface area contributed by atoms with Crippen molar-refractivity contribution in [3.8, 4) is 0 Å². The topological polar surface area (TPSA) is 15.3 Å². The van der Waals surface area contributed by atoms with Gasteiger partial charge in [0.1, 0.15) is 0 Å². The van der Waals surface area contributed by atoms with Gasteiger partial charge in [0.15, 0.2) is 0 Å². The van der Waals surface area contributed by atoms with Gasteiger partial charge in [0.25, 0.3) is 0 Å². The molecular weight excluding hydrogens is 184 g/mol.